The molecular weight excluding hydrogens is 329 g/mol. The van der Waals surface area contributed by atoms with Crippen LogP contribution in [0, 0.1) is 0 Å². The van der Waals surface area contributed by atoms with Gasteiger partial charge in [0, 0.05) is 18.7 Å². The molecule has 2 rings (SSSR count). The van der Waals surface area contributed by atoms with Crippen molar-refractivity contribution in [2.45, 2.75) is 31.4 Å². The standard InChI is InChI=1S/C13H19BrFNO2Si/c1-19(2,3)5-4-18-12-11(6-10(14)7-16-12)13(15)8-17-9-13/h6-7H,4-5,8-9H2,1-3H3. The van der Waals surface area contributed by atoms with E-state index in [4.69, 9.17) is 9.47 Å². The van der Waals surface area contributed by atoms with E-state index in [9.17, 15) is 4.39 Å². The second kappa shape index (κ2) is 5.50. The molecule has 0 saturated carbocycles. The topological polar surface area (TPSA) is 31.4 Å². The highest BCUT2D eigenvalue weighted by Gasteiger charge is 2.43. The van der Waals surface area contributed by atoms with E-state index in [0.29, 0.717) is 18.1 Å². The lowest BCUT2D eigenvalue weighted by Gasteiger charge is -2.34. The fourth-order valence-electron chi connectivity index (χ4n) is 1.75. The van der Waals surface area contributed by atoms with E-state index < -0.39 is 13.7 Å². The maximum absolute atomic E-state index is 14.5. The summed E-state index contributed by atoms with van der Waals surface area (Å²) in [5.74, 6) is 0.396. The molecule has 3 nitrogen and oxygen atoms in total. The van der Waals surface area contributed by atoms with Crippen LogP contribution in [0.15, 0.2) is 16.7 Å². The summed E-state index contributed by atoms with van der Waals surface area (Å²) < 4.78 is 25.9. The van der Waals surface area contributed by atoms with Crippen LogP contribution in [0.3, 0.4) is 0 Å². The van der Waals surface area contributed by atoms with E-state index in [-0.39, 0.29) is 13.2 Å². The van der Waals surface area contributed by atoms with Crippen molar-refractivity contribution >= 4 is 24.0 Å². The predicted molar refractivity (Wildman–Crippen MR) is 79.2 cm³/mol. The Morgan fingerprint density at radius 3 is 2.68 bits per heavy atom. The zero-order valence-electron chi connectivity index (χ0n) is 11.5. The van der Waals surface area contributed by atoms with Crippen molar-refractivity contribution in [2.75, 3.05) is 19.8 Å². The van der Waals surface area contributed by atoms with Crippen LogP contribution in [-0.2, 0) is 10.4 Å². The van der Waals surface area contributed by atoms with Crippen molar-refractivity contribution in [3.05, 3.63) is 22.3 Å². The molecule has 0 radical (unpaired) electrons. The largest absolute Gasteiger partial charge is 0.478 e. The third-order valence-electron chi connectivity index (χ3n) is 3.05. The molecule has 0 bridgehead atoms. The van der Waals surface area contributed by atoms with Crippen LogP contribution in [0.5, 0.6) is 5.88 Å². The van der Waals surface area contributed by atoms with Gasteiger partial charge in [-0.3, -0.25) is 0 Å². The Bertz CT molecular complexity index is 460. The summed E-state index contributed by atoms with van der Waals surface area (Å²) in [7, 11) is -1.16. The number of nitrogens with zero attached hydrogens (tertiary/aromatic N) is 1. The first-order chi connectivity index (χ1) is 8.80. The SMILES string of the molecule is C[Si](C)(C)CCOc1ncc(Br)cc1C1(F)COC1. The molecule has 0 aromatic carbocycles. The molecule has 0 atom stereocenters. The summed E-state index contributed by atoms with van der Waals surface area (Å²) >= 11 is 3.32. The Labute approximate surface area is 122 Å². The number of pyridine rings is 1. The number of halogens is 2. The molecule has 1 aromatic rings. The van der Waals surface area contributed by atoms with Crippen molar-refractivity contribution in [3.8, 4) is 5.88 Å². The molecule has 1 fully saturated rings. The van der Waals surface area contributed by atoms with Gasteiger partial charge in [0.15, 0.2) is 5.67 Å². The van der Waals surface area contributed by atoms with Gasteiger partial charge in [-0.1, -0.05) is 19.6 Å². The van der Waals surface area contributed by atoms with Gasteiger partial charge in [0.05, 0.1) is 25.4 Å². The third kappa shape index (κ3) is 3.76. The Morgan fingerprint density at radius 1 is 1.47 bits per heavy atom. The van der Waals surface area contributed by atoms with Crippen molar-refractivity contribution < 1.29 is 13.9 Å². The lowest BCUT2D eigenvalue weighted by molar-refractivity contribution is -0.136. The summed E-state index contributed by atoms with van der Waals surface area (Å²) in [6.45, 7) is 7.59. The van der Waals surface area contributed by atoms with Gasteiger partial charge in [0.2, 0.25) is 5.88 Å². The molecule has 106 valence electrons. The molecule has 0 amide bonds. The number of ether oxygens (including phenoxy) is 2. The maximum Gasteiger partial charge on any atom is 0.220 e. The predicted octanol–water partition coefficient (Wildman–Crippen LogP) is 3.76. The lowest BCUT2D eigenvalue weighted by atomic mass is 9.95. The molecular formula is C13H19BrFNO2Si. The van der Waals surface area contributed by atoms with Crippen LogP contribution in [0.2, 0.25) is 25.7 Å². The summed E-state index contributed by atoms with van der Waals surface area (Å²) in [6, 6.07) is 2.76. The summed E-state index contributed by atoms with van der Waals surface area (Å²) in [6.07, 6.45) is 1.64. The van der Waals surface area contributed by atoms with Gasteiger partial charge in [-0.05, 0) is 28.0 Å². The number of aromatic nitrogens is 1. The average Bonchev–Trinajstić information content (AvgIpc) is 2.26. The number of hydrogen-bond donors (Lipinski definition) is 0. The fourth-order valence-corrected chi connectivity index (χ4v) is 2.80. The molecule has 0 spiro atoms. The second-order valence-corrected chi connectivity index (χ2v) is 12.7. The van der Waals surface area contributed by atoms with Crippen LogP contribution in [0.1, 0.15) is 5.56 Å². The Morgan fingerprint density at radius 2 is 2.16 bits per heavy atom. The quantitative estimate of drug-likeness (QED) is 0.760. The Balaban J connectivity index is 2.11. The number of hydrogen-bond acceptors (Lipinski definition) is 3. The van der Waals surface area contributed by atoms with E-state index in [1.807, 2.05) is 0 Å². The highest BCUT2D eigenvalue weighted by atomic mass is 79.9. The first kappa shape index (κ1) is 14.9. The smallest absolute Gasteiger partial charge is 0.220 e. The Kier molecular flexibility index (Phi) is 4.32. The zero-order chi connectivity index (χ0) is 14.1. The van der Waals surface area contributed by atoms with Crippen molar-refractivity contribution in [3.63, 3.8) is 0 Å². The minimum Gasteiger partial charge on any atom is -0.478 e. The third-order valence-corrected chi connectivity index (χ3v) is 5.19. The molecule has 1 aliphatic rings. The first-order valence-corrected chi connectivity index (χ1v) is 10.9. The van der Waals surface area contributed by atoms with Crippen LogP contribution >= 0.6 is 15.9 Å². The molecule has 1 aliphatic heterocycles. The highest BCUT2D eigenvalue weighted by Crippen LogP contribution is 2.39. The molecule has 1 saturated heterocycles. The van der Waals surface area contributed by atoms with E-state index in [2.05, 4.69) is 40.6 Å². The van der Waals surface area contributed by atoms with Crippen molar-refractivity contribution in [2.24, 2.45) is 0 Å². The van der Waals surface area contributed by atoms with Crippen molar-refractivity contribution in [1.82, 2.24) is 4.98 Å². The lowest BCUT2D eigenvalue weighted by Crippen LogP contribution is -2.43. The average molecular weight is 348 g/mol. The second-order valence-electron chi connectivity index (χ2n) is 6.12. The summed E-state index contributed by atoms with van der Waals surface area (Å²) in [5.41, 5.74) is -0.964. The van der Waals surface area contributed by atoms with Gasteiger partial charge < -0.3 is 9.47 Å². The Hall–Kier alpha value is -0.463. The fraction of sp³-hybridized carbons (Fsp3) is 0.615. The van der Waals surface area contributed by atoms with Gasteiger partial charge in [-0.25, -0.2) is 9.37 Å². The van der Waals surface area contributed by atoms with Gasteiger partial charge >= 0.3 is 0 Å². The maximum atomic E-state index is 14.5. The monoisotopic (exact) mass is 347 g/mol. The van der Waals surface area contributed by atoms with Crippen molar-refractivity contribution in [1.29, 1.82) is 0 Å². The van der Waals surface area contributed by atoms with E-state index in [0.717, 1.165) is 10.5 Å². The molecule has 2 heterocycles. The van der Waals surface area contributed by atoms with Gasteiger partial charge in [-0.15, -0.1) is 0 Å². The number of alkyl halides is 1. The summed E-state index contributed by atoms with van der Waals surface area (Å²) in [5, 5.41) is 0. The first-order valence-electron chi connectivity index (χ1n) is 6.36. The summed E-state index contributed by atoms with van der Waals surface area (Å²) in [4.78, 5) is 4.20. The minimum atomic E-state index is -1.45. The number of rotatable bonds is 5. The van der Waals surface area contributed by atoms with E-state index >= 15 is 0 Å². The van der Waals surface area contributed by atoms with Gasteiger partial charge in [0.25, 0.3) is 0 Å². The highest BCUT2D eigenvalue weighted by molar-refractivity contribution is 9.10. The van der Waals surface area contributed by atoms with Crippen LogP contribution < -0.4 is 4.74 Å². The van der Waals surface area contributed by atoms with Crippen LogP contribution in [0.4, 0.5) is 4.39 Å². The van der Waals surface area contributed by atoms with Crippen LogP contribution in [-0.4, -0.2) is 32.9 Å². The van der Waals surface area contributed by atoms with E-state index in [1.165, 1.54) is 0 Å². The van der Waals surface area contributed by atoms with Gasteiger partial charge in [-0.2, -0.15) is 0 Å². The molecule has 0 unspecified atom stereocenters. The van der Waals surface area contributed by atoms with E-state index in [1.54, 1.807) is 12.3 Å². The molecule has 0 aliphatic carbocycles. The minimum absolute atomic E-state index is 0.0789. The molecule has 6 heteroatoms. The normalized spacial score (nSPS) is 17.9. The van der Waals surface area contributed by atoms with Crippen LogP contribution in [0.25, 0.3) is 0 Å². The van der Waals surface area contributed by atoms with Gasteiger partial charge in [0.1, 0.15) is 0 Å². The molecule has 19 heavy (non-hydrogen) atoms. The molecule has 0 N–H and O–H groups in total. The zero-order valence-corrected chi connectivity index (χ0v) is 14.1. The molecule has 1 aromatic heterocycles.